The zero-order chi connectivity index (χ0) is 14.0. The quantitative estimate of drug-likeness (QED) is 0.855. The molecule has 1 aromatic carbocycles. The summed E-state index contributed by atoms with van der Waals surface area (Å²) in [4.78, 5) is 30.1. The van der Waals surface area contributed by atoms with Crippen molar-refractivity contribution in [1.29, 1.82) is 0 Å². The van der Waals surface area contributed by atoms with Crippen molar-refractivity contribution in [2.75, 3.05) is 0 Å². The second-order valence-electron chi connectivity index (χ2n) is 3.82. The van der Waals surface area contributed by atoms with Gasteiger partial charge < -0.3 is 5.11 Å². The van der Waals surface area contributed by atoms with Gasteiger partial charge in [0.25, 0.3) is 0 Å². The number of nitrogens with zero attached hydrogens (tertiary/aromatic N) is 2. The first-order valence-corrected chi connectivity index (χ1v) is 5.36. The summed E-state index contributed by atoms with van der Waals surface area (Å²) in [5.74, 6) is -2.02. The van der Waals surface area contributed by atoms with Crippen LogP contribution in [0.5, 0.6) is 0 Å². The fourth-order valence-electron chi connectivity index (χ4n) is 1.54. The highest BCUT2D eigenvalue weighted by Crippen LogP contribution is 2.17. The highest BCUT2D eigenvalue weighted by molar-refractivity contribution is 6.03. The van der Waals surface area contributed by atoms with Crippen LogP contribution in [-0.2, 0) is 0 Å². The van der Waals surface area contributed by atoms with E-state index < -0.39 is 17.6 Å². The van der Waals surface area contributed by atoms with Gasteiger partial charge in [0.05, 0.1) is 5.56 Å². The van der Waals surface area contributed by atoms with E-state index in [2.05, 4.69) is 9.97 Å². The van der Waals surface area contributed by atoms with Crippen LogP contribution in [-0.4, -0.2) is 26.8 Å². The lowest BCUT2D eigenvalue weighted by Gasteiger charge is -2.04. The summed E-state index contributed by atoms with van der Waals surface area (Å²) in [7, 11) is 0. The van der Waals surface area contributed by atoms with Crippen molar-refractivity contribution in [2.24, 2.45) is 0 Å². The smallest absolute Gasteiger partial charge is 0.355 e. The van der Waals surface area contributed by atoms with Gasteiger partial charge in [0.1, 0.15) is 5.82 Å². The Balaban J connectivity index is 2.55. The fraction of sp³-hybridized carbons (Fsp3) is 0.0769. The van der Waals surface area contributed by atoms with Gasteiger partial charge in [-0.1, -0.05) is 0 Å². The summed E-state index contributed by atoms with van der Waals surface area (Å²) >= 11 is 0. The molecule has 19 heavy (non-hydrogen) atoms. The van der Waals surface area contributed by atoms with E-state index in [1.165, 1.54) is 31.2 Å². The molecule has 1 aromatic heterocycles. The van der Waals surface area contributed by atoms with Gasteiger partial charge in [0.15, 0.2) is 17.3 Å². The molecule has 1 N–H and O–H groups in total. The number of benzene rings is 1. The normalized spacial score (nSPS) is 10.2. The second kappa shape index (κ2) is 4.93. The minimum atomic E-state index is -1.31. The molecule has 0 aliphatic carbocycles. The highest BCUT2D eigenvalue weighted by atomic mass is 19.1. The topological polar surface area (TPSA) is 80.2 Å². The number of ketones is 1. The van der Waals surface area contributed by atoms with Crippen molar-refractivity contribution >= 4 is 11.8 Å². The Labute approximate surface area is 107 Å². The highest BCUT2D eigenvalue weighted by Gasteiger charge is 2.17. The summed E-state index contributed by atoms with van der Waals surface area (Å²) in [6.07, 6.45) is 1.16. The number of aromatic carboxylic acids is 1. The lowest BCUT2D eigenvalue weighted by molar-refractivity contribution is 0.0685. The molecule has 0 fully saturated rings. The van der Waals surface area contributed by atoms with E-state index in [1.54, 1.807) is 0 Å². The van der Waals surface area contributed by atoms with Crippen LogP contribution >= 0.6 is 0 Å². The van der Waals surface area contributed by atoms with Crippen molar-refractivity contribution in [3.8, 4) is 11.4 Å². The number of hydrogen-bond acceptors (Lipinski definition) is 4. The molecule has 1 heterocycles. The lowest BCUT2D eigenvalue weighted by atomic mass is 10.1. The Bertz CT molecular complexity index is 653. The van der Waals surface area contributed by atoms with E-state index in [9.17, 15) is 14.0 Å². The van der Waals surface area contributed by atoms with Gasteiger partial charge in [-0.25, -0.2) is 19.2 Å². The molecule has 2 rings (SSSR count). The van der Waals surface area contributed by atoms with Gasteiger partial charge in [-0.05, 0) is 31.2 Å². The molecule has 2 aromatic rings. The number of aromatic nitrogens is 2. The summed E-state index contributed by atoms with van der Waals surface area (Å²) in [5.41, 5.74) is 0.0548. The maximum Gasteiger partial charge on any atom is 0.355 e. The SMILES string of the molecule is CC(=O)c1cnc(-c2ccc(F)cc2)nc1C(=O)O. The number of carbonyl (C=O) groups is 2. The maximum absolute atomic E-state index is 12.8. The Kier molecular flexibility index (Phi) is 3.33. The minimum absolute atomic E-state index is 0.0571. The van der Waals surface area contributed by atoms with E-state index >= 15 is 0 Å². The molecule has 0 bridgehead atoms. The van der Waals surface area contributed by atoms with Crippen molar-refractivity contribution in [1.82, 2.24) is 9.97 Å². The number of hydrogen-bond donors (Lipinski definition) is 1. The Morgan fingerprint density at radius 3 is 2.37 bits per heavy atom. The van der Waals surface area contributed by atoms with E-state index in [-0.39, 0.29) is 17.1 Å². The average molecular weight is 260 g/mol. The molecule has 0 unspecified atom stereocenters. The molecular weight excluding hydrogens is 251 g/mol. The van der Waals surface area contributed by atoms with Crippen LogP contribution in [0.2, 0.25) is 0 Å². The van der Waals surface area contributed by atoms with Gasteiger partial charge >= 0.3 is 5.97 Å². The van der Waals surface area contributed by atoms with E-state index in [4.69, 9.17) is 5.11 Å². The van der Waals surface area contributed by atoms with E-state index in [1.807, 2.05) is 0 Å². The van der Waals surface area contributed by atoms with Gasteiger partial charge in [0, 0.05) is 11.8 Å². The molecule has 0 atom stereocenters. The number of Topliss-reactive ketones (excluding diaryl/α,β-unsaturated/α-hetero) is 1. The number of rotatable bonds is 3. The van der Waals surface area contributed by atoms with Gasteiger partial charge in [0.2, 0.25) is 0 Å². The summed E-state index contributed by atoms with van der Waals surface area (Å²) in [6, 6.07) is 5.31. The molecule has 0 radical (unpaired) electrons. The van der Waals surface area contributed by atoms with Gasteiger partial charge in [-0.2, -0.15) is 0 Å². The standard InChI is InChI=1S/C13H9FN2O3/c1-7(17)10-6-15-12(16-11(10)13(18)19)8-2-4-9(14)5-3-8/h2-6H,1H3,(H,18,19). The molecule has 5 nitrogen and oxygen atoms in total. The molecule has 0 spiro atoms. The number of halogens is 1. The monoisotopic (exact) mass is 260 g/mol. The third-order valence-corrected chi connectivity index (χ3v) is 2.47. The maximum atomic E-state index is 12.8. The van der Waals surface area contributed by atoms with Gasteiger partial charge in [-0.15, -0.1) is 0 Å². The van der Waals surface area contributed by atoms with Crippen LogP contribution in [0, 0.1) is 5.82 Å². The zero-order valence-corrected chi connectivity index (χ0v) is 9.92. The summed E-state index contributed by atoms with van der Waals surface area (Å²) in [6.45, 7) is 1.24. The second-order valence-corrected chi connectivity index (χ2v) is 3.82. The molecule has 6 heteroatoms. The average Bonchev–Trinajstić information content (AvgIpc) is 2.38. The van der Waals surface area contributed by atoms with Crippen molar-refractivity contribution in [3.05, 3.63) is 47.5 Å². The molecule has 0 amide bonds. The molecule has 96 valence electrons. The van der Waals surface area contributed by atoms with Crippen molar-refractivity contribution in [3.63, 3.8) is 0 Å². The largest absolute Gasteiger partial charge is 0.476 e. The molecule has 0 saturated heterocycles. The third kappa shape index (κ3) is 2.62. The first kappa shape index (κ1) is 12.8. The van der Waals surface area contributed by atoms with E-state index in [0.717, 1.165) is 6.20 Å². The first-order chi connectivity index (χ1) is 8.99. The van der Waals surface area contributed by atoms with E-state index in [0.29, 0.717) is 5.56 Å². The van der Waals surface area contributed by atoms with Crippen LogP contribution in [0.4, 0.5) is 4.39 Å². The van der Waals surface area contributed by atoms with Crippen LogP contribution in [0.3, 0.4) is 0 Å². The van der Waals surface area contributed by atoms with Crippen LogP contribution in [0.15, 0.2) is 30.5 Å². The number of carboxylic acid groups (broad SMARTS) is 1. The number of carbonyl (C=O) groups excluding carboxylic acids is 1. The minimum Gasteiger partial charge on any atom is -0.476 e. The lowest BCUT2D eigenvalue weighted by Crippen LogP contribution is -2.11. The summed E-state index contributed by atoms with van der Waals surface area (Å²) < 4.78 is 12.8. The fourth-order valence-corrected chi connectivity index (χ4v) is 1.54. The zero-order valence-electron chi connectivity index (χ0n) is 9.92. The van der Waals surface area contributed by atoms with Crippen molar-refractivity contribution < 1.29 is 19.1 Å². The molecule has 0 aliphatic rings. The van der Waals surface area contributed by atoms with Crippen LogP contribution < -0.4 is 0 Å². The molecule has 0 aliphatic heterocycles. The predicted molar refractivity (Wildman–Crippen MR) is 64.4 cm³/mol. The van der Waals surface area contributed by atoms with Crippen LogP contribution in [0.1, 0.15) is 27.8 Å². The van der Waals surface area contributed by atoms with Gasteiger partial charge in [-0.3, -0.25) is 4.79 Å². The predicted octanol–water partition coefficient (Wildman–Crippen LogP) is 2.18. The third-order valence-electron chi connectivity index (χ3n) is 2.47. The Hall–Kier alpha value is -2.63. The first-order valence-electron chi connectivity index (χ1n) is 5.36. The summed E-state index contributed by atoms with van der Waals surface area (Å²) in [5, 5.41) is 9.03. The molecular formula is C13H9FN2O3. The Morgan fingerprint density at radius 1 is 1.21 bits per heavy atom. The Morgan fingerprint density at radius 2 is 1.84 bits per heavy atom. The van der Waals surface area contributed by atoms with Crippen LogP contribution in [0.25, 0.3) is 11.4 Å². The molecule has 0 saturated carbocycles. The van der Waals surface area contributed by atoms with Crippen molar-refractivity contribution in [2.45, 2.75) is 6.92 Å². The number of carboxylic acids is 1.